The second kappa shape index (κ2) is 2.63. The average molecular weight is 164 g/mol. The zero-order valence-electron chi connectivity index (χ0n) is 6.80. The van der Waals surface area contributed by atoms with Gasteiger partial charge in [0, 0.05) is 5.39 Å². The molecule has 0 aliphatic heterocycles. The minimum Gasteiger partial charge on any atom is -0.458 e. The van der Waals surface area contributed by atoms with Gasteiger partial charge in [0.15, 0.2) is 0 Å². The lowest BCUT2D eigenvalue weighted by atomic mass is 10.2. The first kappa shape index (κ1) is 7.35. The summed E-state index contributed by atoms with van der Waals surface area (Å²) < 4.78 is 17.4. The van der Waals surface area contributed by atoms with Crippen LogP contribution >= 0.6 is 0 Å². The number of halogens is 1. The van der Waals surface area contributed by atoms with Crippen molar-refractivity contribution in [3.05, 3.63) is 35.6 Å². The van der Waals surface area contributed by atoms with Crippen molar-refractivity contribution in [3.8, 4) is 0 Å². The molecule has 0 spiro atoms. The third-order valence-corrected chi connectivity index (χ3v) is 1.85. The highest BCUT2D eigenvalue weighted by Gasteiger charge is 2.01. The SMILES string of the molecule is Cc1ccc2oc(CF)cc2c1. The quantitative estimate of drug-likeness (QED) is 0.630. The number of fused-ring (bicyclic) bond motifs is 1. The molecular weight excluding hydrogens is 155 g/mol. The summed E-state index contributed by atoms with van der Waals surface area (Å²) in [7, 11) is 0. The second-order valence-corrected chi connectivity index (χ2v) is 2.89. The number of alkyl halides is 1. The molecule has 0 saturated carbocycles. The molecule has 2 heteroatoms. The van der Waals surface area contributed by atoms with Gasteiger partial charge in [-0.3, -0.25) is 0 Å². The third-order valence-electron chi connectivity index (χ3n) is 1.85. The Morgan fingerprint density at radius 3 is 2.92 bits per heavy atom. The van der Waals surface area contributed by atoms with Gasteiger partial charge in [0.25, 0.3) is 0 Å². The van der Waals surface area contributed by atoms with E-state index in [9.17, 15) is 4.39 Å². The highest BCUT2D eigenvalue weighted by atomic mass is 19.1. The Hall–Kier alpha value is -1.31. The van der Waals surface area contributed by atoms with Crippen molar-refractivity contribution in [2.24, 2.45) is 0 Å². The van der Waals surface area contributed by atoms with E-state index in [1.165, 1.54) is 0 Å². The Morgan fingerprint density at radius 1 is 1.33 bits per heavy atom. The molecule has 62 valence electrons. The van der Waals surface area contributed by atoms with Gasteiger partial charge in [-0.2, -0.15) is 0 Å². The van der Waals surface area contributed by atoms with E-state index in [0.717, 1.165) is 16.5 Å². The predicted octanol–water partition coefficient (Wildman–Crippen LogP) is 3.21. The molecule has 1 aromatic heterocycles. The number of hydrogen-bond acceptors (Lipinski definition) is 1. The maximum Gasteiger partial charge on any atom is 0.147 e. The van der Waals surface area contributed by atoms with Gasteiger partial charge in [-0.05, 0) is 25.1 Å². The third kappa shape index (κ3) is 1.09. The lowest BCUT2D eigenvalue weighted by Gasteiger charge is -1.89. The molecule has 2 aromatic rings. The smallest absolute Gasteiger partial charge is 0.147 e. The van der Waals surface area contributed by atoms with Gasteiger partial charge in [-0.1, -0.05) is 11.6 Å². The first-order valence-electron chi connectivity index (χ1n) is 3.84. The van der Waals surface area contributed by atoms with Crippen LogP contribution in [-0.4, -0.2) is 0 Å². The average Bonchev–Trinajstić information content (AvgIpc) is 2.46. The number of rotatable bonds is 1. The molecular formula is C10H9FO. The molecule has 0 bridgehead atoms. The van der Waals surface area contributed by atoms with Crippen LogP contribution in [0.1, 0.15) is 11.3 Å². The molecule has 0 aliphatic carbocycles. The molecule has 0 aliphatic rings. The van der Waals surface area contributed by atoms with E-state index in [1.807, 2.05) is 25.1 Å². The molecule has 0 unspecified atom stereocenters. The minimum absolute atomic E-state index is 0.399. The van der Waals surface area contributed by atoms with Crippen LogP contribution in [0.4, 0.5) is 4.39 Å². The van der Waals surface area contributed by atoms with Gasteiger partial charge in [0.1, 0.15) is 18.0 Å². The summed E-state index contributed by atoms with van der Waals surface area (Å²) >= 11 is 0. The molecule has 1 aromatic carbocycles. The first-order valence-corrected chi connectivity index (χ1v) is 3.84. The van der Waals surface area contributed by atoms with Crippen molar-refractivity contribution in [1.29, 1.82) is 0 Å². The van der Waals surface area contributed by atoms with Crippen LogP contribution in [-0.2, 0) is 6.67 Å². The van der Waals surface area contributed by atoms with Gasteiger partial charge in [0.05, 0.1) is 0 Å². The van der Waals surface area contributed by atoms with Crippen molar-refractivity contribution in [2.45, 2.75) is 13.6 Å². The summed E-state index contributed by atoms with van der Waals surface area (Å²) in [5, 5.41) is 0.975. The first-order chi connectivity index (χ1) is 5.79. The fourth-order valence-corrected chi connectivity index (χ4v) is 1.28. The van der Waals surface area contributed by atoms with Gasteiger partial charge in [0.2, 0.25) is 0 Å². The normalized spacial score (nSPS) is 10.8. The number of hydrogen-bond donors (Lipinski definition) is 0. The van der Waals surface area contributed by atoms with Crippen LogP contribution in [0, 0.1) is 6.92 Å². The van der Waals surface area contributed by atoms with Crippen LogP contribution in [0.2, 0.25) is 0 Å². The summed E-state index contributed by atoms with van der Waals surface area (Å²) in [4.78, 5) is 0. The molecule has 0 saturated heterocycles. The largest absolute Gasteiger partial charge is 0.458 e. The van der Waals surface area contributed by atoms with E-state index in [2.05, 4.69) is 0 Å². The Morgan fingerprint density at radius 2 is 2.17 bits per heavy atom. The standard InChI is InChI=1S/C10H9FO/c1-7-2-3-10-8(4-7)5-9(6-11)12-10/h2-5H,6H2,1H3. The topological polar surface area (TPSA) is 13.1 Å². The van der Waals surface area contributed by atoms with E-state index in [0.29, 0.717) is 5.76 Å². The number of furan rings is 1. The number of aryl methyl sites for hydroxylation is 1. The van der Waals surface area contributed by atoms with E-state index in [-0.39, 0.29) is 0 Å². The summed E-state index contributed by atoms with van der Waals surface area (Å²) in [5.74, 6) is 0.399. The molecule has 0 fully saturated rings. The Labute approximate surface area is 69.8 Å². The summed E-state index contributed by atoms with van der Waals surface area (Å²) in [6, 6.07) is 7.54. The summed E-state index contributed by atoms with van der Waals surface area (Å²) in [6.07, 6.45) is 0. The van der Waals surface area contributed by atoms with Gasteiger partial charge in [-0.15, -0.1) is 0 Å². The van der Waals surface area contributed by atoms with Crippen molar-refractivity contribution >= 4 is 11.0 Å². The molecule has 0 N–H and O–H groups in total. The summed E-state index contributed by atoms with van der Waals surface area (Å²) in [5.41, 5.74) is 1.92. The molecule has 0 radical (unpaired) electrons. The molecule has 12 heavy (non-hydrogen) atoms. The maximum absolute atomic E-state index is 12.2. The molecule has 2 rings (SSSR count). The Kier molecular flexibility index (Phi) is 1.61. The van der Waals surface area contributed by atoms with E-state index in [4.69, 9.17) is 4.42 Å². The predicted molar refractivity (Wildman–Crippen MR) is 45.8 cm³/mol. The molecule has 1 heterocycles. The highest BCUT2D eigenvalue weighted by molar-refractivity contribution is 5.78. The minimum atomic E-state index is -0.534. The van der Waals surface area contributed by atoms with E-state index in [1.54, 1.807) is 6.07 Å². The Balaban J connectivity index is 2.67. The van der Waals surface area contributed by atoms with E-state index < -0.39 is 6.67 Å². The van der Waals surface area contributed by atoms with Crippen LogP contribution in [0.15, 0.2) is 28.7 Å². The molecule has 0 amide bonds. The lowest BCUT2D eigenvalue weighted by Crippen LogP contribution is -1.67. The van der Waals surface area contributed by atoms with Crippen molar-refractivity contribution in [1.82, 2.24) is 0 Å². The van der Waals surface area contributed by atoms with Crippen LogP contribution in [0.25, 0.3) is 11.0 Å². The van der Waals surface area contributed by atoms with Crippen molar-refractivity contribution < 1.29 is 8.81 Å². The van der Waals surface area contributed by atoms with Crippen LogP contribution < -0.4 is 0 Å². The monoisotopic (exact) mass is 164 g/mol. The van der Waals surface area contributed by atoms with Crippen molar-refractivity contribution in [2.75, 3.05) is 0 Å². The fraction of sp³-hybridized carbons (Fsp3) is 0.200. The van der Waals surface area contributed by atoms with Gasteiger partial charge >= 0.3 is 0 Å². The van der Waals surface area contributed by atoms with Gasteiger partial charge < -0.3 is 4.42 Å². The zero-order valence-corrected chi connectivity index (χ0v) is 6.80. The molecule has 1 nitrogen and oxygen atoms in total. The fourth-order valence-electron chi connectivity index (χ4n) is 1.28. The number of benzene rings is 1. The molecule has 0 atom stereocenters. The van der Waals surface area contributed by atoms with Crippen molar-refractivity contribution in [3.63, 3.8) is 0 Å². The maximum atomic E-state index is 12.2. The van der Waals surface area contributed by atoms with Gasteiger partial charge in [-0.25, -0.2) is 4.39 Å². The second-order valence-electron chi connectivity index (χ2n) is 2.89. The van der Waals surface area contributed by atoms with E-state index >= 15 is 0 Å². The van der Waals surface area contributed by atoms with Crippen LogP contribution in [0.5, 0.6) is 0 Å². The highest BCUT2D eigenvalue weighted by Crippen LogP contribution is 2.20. The summed E-state index contributed by atoms with van der Waals surface area (Å²) in [6.45, 7) is 1.47. The lowest BCUT2D eigenvalue weighted by molar-refractivity contribution is 0.407. The van der Waals surface area contributed by atoms with Crippen LogP contribution in [0.3, 0.4) is 0 Å². The Bertz CT molecular complexity index is 403. The zero-order chi connectivity index (χ0) is 8.55.